The number of pyridine rings is 1. The minimum Gasteiger partial charge on any atom is -0.481 e. The first-order valence-corrected chi connectivity index (χ1v) is 4.39. The van der Waals surface area contributed by atoms with E-state index in [-0.39, 0.29) is 6.20 Å². The van der Waals surface area contributed by atoms with Gasteiger partial charge < -0.3 is 5.11 Å². The van der Waals surface area contributed by atoms with Crippen molar-refractivity contribution in [2.24, 2.45) is 0 Å². The molecule has 0 atom stereocenters. The molecule has 0 unspecified atom stereocenters. The molecule has 1 heterocycles. The van der Waals surface area contributed by atoms with Crippen LogP contribution in [-0.2, 0) is 17.4 Å². The maximum Gasteiger partial charge on any atom is 0.419 e. The number of aromatic nitrogens is 1. The molecule has 0 aliphatic rings. The van der Waals surface area contributed by atoms with Crippen LogP contribution >= 0.6 is 0 Å². The molecule has 0 saturated heterocycles. The van der Waals surface area contributed by atoms with E-state index >= 15 is 0 Å². The van der Waals surface area contributed by atoms with Crippen molar-refractivity contribution in [3.63, 3.8) is 0 Å². The highest BCUT2D eigenvalue weighted by atomic mass is 19.4. The molecule has 100 valence electrons. The second-order valence-electron chi connectivity index (χ2n) is 3.21. The third-order valence-corrected chi connectivity index (χ3v) is 1.98. The summed E-state index contributed by atoms with van der Waals surface area (Å²) >= 11 is 0. The average Bonchev–Trinajstić information content (AvgIpc) is 2.13. The number of alkyl halides is 5. The maximum absolute atomic E-state index is 13.0. The van der Waals surface area contributed by atoms with E-state index in [1.165, 1.54) is 0 Å². The minimum absolute atomic E-state index is 0.00430. The first-order valence-electron chi connectivity index (χ1n) is 4.39. The van der Waals surface area contributed by atoms with Gasteiger partial charge in [-0.1, -0.05) is 0 Å². The van der Waals surface area contributed by atoms with Crippen molar-refractivity contribution in [2.75, 3.05) is 0 Å². The van der Waals surface area contributed by atoms with Crippen molar-refractivity contribution >= 4 is 5.97 Å². The Hall–Kier alpha value is -1.80. The number of rotatable bonds is 3. The van der Waals surface area contributed by atoms with Gasteiger partial charge in [0.2, 0.25) is 0 Å². The number of carboxylic acids is 1. The van der Waals surface area contributed by atoms with E-state index in [4.69, 9.17) is 5.11 Å². The van der Waals surface area contributed by atoms with E-state index in [0.29, 0.717) is 0 Å². The Bertz CT molecular complexity index is 471. The van der Waals surface area contributed by atoms with E-state index in [9.17, 15) is 31.1 Å². The van der Waals surface area contributed by atoms with Crippen molar-refractivity contribution in [1.29, 1.82) is 0 Å². The Labute approximate surface area is 96.1 Å². The normalized spacial score (nSPS) is 11.9. The van der Waals surface area contributed by atoms with Gasteiger partial charge in [0.15, 0.2) is 5.82 Å². The second-order valence-corrected chi connectivity index (χ2v) is 3.21. The number of carbonyl (C=O) groups is 1. The predicted molar refractivity (Wildman–Crippen MR) is 45.5 cm³/mol. The van der Waals surface area contributed by atoms with Gasteiger partial charge in [0.05, 0.1) is 18.2 Å². The molecule has 0 fully saturated rings. The van der Waals surface area contributed by atoms with Crippen LogP contribution in [0.25, 0.3) is 0 Å². The van der Waals surface area contributed by atoms with Gasteiger partial charge >= 0.3 is 12.1 Å². The van der Waals surface area contributed by atoms with Crippen molar-refractivity contribution < 1.29 is 36.2 Å². The van der Waals surface area contributed by atoms with E-state index < -0.39 is 47.6 Å². The van der Waals surface area contributed by atoms with E-state index in [1.807, 2.05) is 0 Å². The van der Waals surface area contributed by atoms with Gasteiger partial charge in [0, 0.05) is 5.56 Å². The lowest BCUT2D eigenvalue weighted by Gasteiger charge is -2.15. The van der Waals surface area contributed by atoms with Crippen LogP contribution in [0.15, 0.2) is 6.20 Å². The van der Waals surface area contributed by atoms with Crippen LogP contribution in [-0.4, -0.2) is 16.1 Å². The molecule has 9 heteroatoms. The van der Waals surface area contributed by atoms with Crippen molar-refractivity contribution in [1.82, 2.24) is 4.98 Å². The monoisotopic (exact) mass is 273 g/mol. The molecule has 1 N–H and O–H groups in total. The van der Waals surface area contributed by atoms with E-state index in [0.717, 1.165) is 0 Å². The molecule has 3 nitrogen and oxygen atoms in total. The summed E-state index contributed by atoms with van der Waals surface area (Å²) in [6.07, 6.45) is -10.1. The fourth-order valence-electron chi connectivity index (χ4n) is 1.37. The first-order chi connectivity index (χ1) is 8.14. The Morgan fingerprint density at radius 3 is 2.33 bits per heavy atom. The van der Waals surface area contributed by atoms with Crippen LogP contribution in [0, 0.1) is 5.82 Å². The molecule has 0 aromatic carbocycles. The van der Waals surface area contributed by atoms with E-state index in [1.54, 1.807) is 0 Å². The van der Waals surface area contributed by atoms with Gasteiger partial charge in [0.25, 0.3) is 6.43 Å². The van der Waals surface area contributed by atoms with Gasteiger partial charge in [-0.15, -0.1) is 0 Å². The third-order valence-electron chi connectivity index (χ3n) is 1.98. The van der Waals surface area contributed by atoms with Crippen LogP contribution in [0.5, 0.6) is 0 Å². The van der Waals surface area contributed by atoms with Crippen LogP contribution in [0.1, 0.15) is 23.2 Å². The molecule has 1 aromatic heterocycles. The summed E-state index contributed by atoms with van der Waals surface area (Å²) in [5.41, 5.74) is -4.76. The van der Waals surface area contributed by atoms with Crippen LogP contribution in [0.4, 0.5) is 26.3 Å². The summed E-state index contributed by atoms with van der Waals surface area (Å²) in [5.74, 6) is -3.68. The van der Waals surface area contributed by atoms with Crippen molar-refractivity contribution in [3.05, 3.63) is 28.8 Å². The average molecular weight is 273 g/mol. The SMILES string of the molecule is O=C(O)Cc1c(C(F)F)ncc(F)c1C(F)(F)F. The van der Waals surface area contributed by atoms with Gasteiger partial charge in [-0.05, 0) is 0 Å². The molecule has 18 heavy (non-hydrogen) atoms. The Morgan fingerprint density at radius 1 is 1.39 bits per heavy atom. The largest absolute Gasteiger partial charge is 0.481 e. The molecule has 0 aliphatic carbocycles. The van der Waals surface area contributed by atoms with E-state index in [2.05, 4.69) is 4.98 Å². The Morgan fingerprint density at radius 2 is 1.94 bits per heavy atom. The zero-order chi connectivity index (χ0) is 14.1. The summed E-state index contributed by atoms with van der Waals surface area (Å²) < 4.78 is 75.4. The molecular weight excluding hydrogens is 268 g/mol. The third kappa shape index (κ3) is 2.90. The molecule has 1 aromatic rings. The number of carboxylic acid groups (broad SMARTS) is 1. The molecular formula is C9H5F6NO2. The molecule has 1 rings (SSSR count). The summed E-state index contributed by atoms with van der Waals surface area (Å²) in [6.45, 7) is 0. The van der Waals surface area contributed by atoms with Gasteiger partial charge in [-0.3, -0.25) is 9.78 Å². The lowest BCUT2D eigenvalue weighted by atomic mass is 10.0. The lowest BCUT2D eigenvalue weighted by Crippen LogP contribution is -2.18. The fourth-order valence-corrected chi connectivity index (χ4v) is 1.37. The standard InChI is InChI=1S/C9H5F6NO2/c10-4-2-16-7(8(11)12)3(1-5(17)18)6(4)9(13,14)15/h2,8H,1H2,(H,17,18). The molecule has 0 aliphatic heterocycles. The molecule has 0 amide bonds. The Kier molecular flexibility index (Phi) is 3.82. The topological polar surface area (TPSA) is 50.2 Å². The minimum atomic E-state index is -5.28. The first kappa shape index (κ1) is 14.3. The van der Waals surface area contributed by atoms with Crippen LogP contribution < -0.4 is 0 Å². The fraction of sp³-hybridized carbons (Fsp3) is 0.333. The highest BCUT2D eigenvalue weighted by molar-refractivity contribution is 5.71. The quantitative estimate of drug-likeness (QED) is 0.861. The van der Waals surface area contributed by atoms with Crippen molar-refractivity contribution in [3.8, 4) is 0 Å². The highest BCUT2D eigenvalue weighted by Gasteiger charge is 2.40. The van der Waals surface area contributed by atoms with Gasteiger partial charge in [-0.2, -0.15) is 13.2 Å². The summed E-state index contributed by atoms with van der Waals surface area (Å²) in [5, 5.41) is 8.39. The second kappa shape index (κ2) is 4.83. The molecule has 0 radical (unpaired) electrons. The molecule has 0 saturated carbocycles. The van der Waals surface area contributed by atoms with Crippen LogP contribution in [0.3, 0.4) is 0 Å². The Balaban J connectivity index is 3.55. The number of hydrogen-bond donors (Lipinski definition) is 1. The van der Waals surface area contributed by atoms with Crippen LogP contribution in [0.2, 0.25) is 0 Å². The molecule has 0 bridgehead atoms. The zero-order valence-electron chi connectivity index (χ0n) is 8.43. The van der Waals surface area contributed by atoms with Gasteiger partial charge in [-0.25, -0.2) is 13.2 Å². The number of nitrogens with zero attached hydrogens (tertiary/aromatic N) is 1. The maximum atomic E-state index is 13.0. The number of halogens is 6. The number of aliphatic carboxylic acids is 1. The van der Waals surface area contributed by atoms with Gasteiger partial charge in [0.1, 0.15) is 5.69 Å². The number of hydrogen-bond acceptors (Lipinski definition) is 2. The highest BCUT2D eigenvalue weighted by Crippen LogP contribution is 2.37. The molecule has 0 spiro atoms. The lowest BCUT2D eigenvalue weighted by molar-refractivity contribution is -0.141. The predicted octanol–water partition coefficient (Wildman–Crippen LogP) is 2.80. The summed E-state index contributed by atoms with van der Waals surface area (Å²) in [4.78, 5) is 13.2. The zero-order valence-corrected chi connectivity index (χ0v) is 8.43. The smallest absolute Gasteiger partial charge is 0.419 e. The summed E-state index contributed by atoms with van der Waals surface area (Å²) in [7, 11) is 0. The summed E-state index contributed by atoms with van der Waals surface area (Å²) in [6, 6.07) is 0. The van der Waals surface area contributed by atoms with Crippen molar-refractivity contribution in [2.45, 2.75) is 19.0 Å².